The first-order valence-electron chi connectivity index (χ1n) is 9.62. The Balaban J connectivity index is 1.61. The Morgan fingerprint density at radius 2 is 1.11 bits per heavy atom. The van der Waals surface area contributed by atoms with Gasteiger partial charge in [-0.1, -0.05) is 91.0 Å². The van der Waals surface area contributed by atoms with Gasteiger partial charge in [-0.2, -0.15) is 0 Å². The Morgan fingerprint density at radius 3 is 1.50 bits per heavy atom. The zero-order valence-corrected chi connectivity index (χ0v) is 16.8. The molecule has 4 rings (SSSR count). The maximum absolute atomic E-state index is 12.6. The summed E-state index contributed by atoms with van der Waals surface area (Å²) in [4.78, 5) is 2.39. The van der Waals surface area contributed by atoms with E-state index in [-0.39, 0.29) is 12.0 Å². The van der Waals surface area contributed by atoms with Crippen molar-refractivity contribution in [2.75, 3.05) is 19.3 Å². The molecular formula is C24H25NO2S. The summed E-state index contributed by atoms with van der Waals surface area (Å²) in [7, 11) is -3.18. The first-order valence-corrected chi connectivity index (χ1v) is 11.6. The molecule has 3 aromatic carbocycles. The smallest absolute Gasteiger partial charge is 0.154 e. The van der Waals surface area contributed by atoms with Crippen LogP contribution >= 0.6 is 0 Å². The Kier molecular flexibility index (Phi) is 5.33. The maximum atomic E-state index is 12.6. The Labute approximate surface area is 167 Å². The number of hydrogen-bond acceptors (Lipinski definition) is 3. The van der Waals surface area contributed by atoms with Gasteiger partial charge in [0, 0.05) is 25.3 Å². The molecule has 1 saturated heterocycles. The minimum Gasteiger partial charge on any atom is -0.292 e. The first-order chi connectivity index (χ1) is 13.5. The average Bonchev–Trinajstić information content (AvgIpc) is 2.67. The van der Waals surface area contributed by atoms with Crippen molar-refractivity contribution >= 4 is 9.84 Å². The summed E-state index contributed by atoms with van der Waals surface area (Å²) < 4.78 is 25.1. The molecular weight excluding hydrogens is 366 g/mol. The highest BCUT2D eigenvalue weighted by Crippen LogP contribution is 2.41. The minimum atomic E-state index is -3.18. The molecule has 0 aliphatic carbocycles. The first kappa shape index (κ1) is 18.9. The molecule has 4 heteroatoms. The molecule has 1 fully saturated rings. The third-order valence-corrected chi connectivity index (χ3v) is 7.13. The number of benzene rings is 3. The van der Waals surface area contributed by atoms with Crippen LogP contribution in [0, 0.1) is 5.92 Å². The van der Waals surface area contributed by atoms with Crippen LogP contribution in [0.25, 0.3) is 0 Å². The summed E-state index contributed by atoms with van der Waals surface area (Å²) >= 11 is 0. The second-order valence-corrected chi connectivity index (χ2v) is 9.77. The van der Waals surface area contributed by atoms with Gasteiger partial charge in [-0.15, -0.1) is 0 Å². The van der Waals surface area contributed by atoms with E-state index in [1.807, 2.05) is 42.5 Å². The molecule has 0 bridgehead atoms. The van der Waals surface area contributed by atoms with Crippen LogP contribution in [0.2, 0.25) is 0 Å². The van der Waals surface area contributed by atoms with Crippen molar-refractivity contribution in [1.82, 2.24) is 4.90 Å². The summed E-state index contributed by atoms with van der Waals surface area (Å²) in [6.07, 6.45) is 1.36. The Hall–Kier alpha value is -2.43. The second kappa shape index (κ2) is 7.90. The molecule has 1 aliphatic heterocycles. The number of hydrogen-bond donors (Lipinski definition) is 0. The fourth-order valence-electron chi connectivity index (χ4n) is 4.35. The number of likely N-dealkylation sites (tertiary alicyclic amines) is 1. The van der Waals surface area contributed by atoms with Crippen molar-refractivity contribution < 1.29 is 8.42 Å². The zero-order chi connectivity index (χ0) is 19.6. The summed E-state index contributed by atoms with van der Waals surface area (Å²) in [5.74, 6) is 0.104. The zero-order valence-electron chi connectivity index (χ0n) is 16.0. The fourth-order valence-corrected chi connectivity index (χ4v) is 5.87. The SMILES string of the molecule is CS(=O)(=O)C(c1ccccc1)C1CN(C(c2ccccc2)c2ccccc2)C1. The van der Waals surface area contributed by atoms with E-state index in [0.717, 1.165) is 18.7 Å². The van der Waals surface area contributed by atoms with Crippen LogP contribution < -0.4 is 0 Å². The largest absolute Gasteiger partial charge is 0.292 e. The average molecular weight is 392 g/mol. The standard InChI is InChI=1S/C24H25NO2S/c1-28(26,27)24(21-15-9-4-10-16-21)22-17-25(18-22)23(19-11-5-2-6-12-19)20-13-7-3-8-14-20/h2-16,22-24H,17-18H2,1H3. The van der Waals surface area contributed by atoms with E-state index in [1.165, 1.54) is 17.4 Å². The lowest BCUT2D eigenvalue weighted by Gasteiger charge is -2.47. The van der Waals surface area contributed by atoms with Crippen molar-refractivity contribution in [2.45, 2.75) is 11.3 Å². The van der Waals surface area contributed by atoms with Gasteiger partial charge in [0.1, 0.15) is 0 Å². The summed E-state index contributed by atoms with van der Waals surface area (Å²) in [6, 6.07) is 30.7. The van der Waals surface area contributed by atoms with Crippen LogP contribution in [-0.4, -0.2) is 32.7 Å². The predicted molar refractivity (Wildman–Crippen MR) is 114 cm³/mol. The van der Waals surface area contributed by atoms with Crippen molar-refractivity contribution in [3.05, 3.63) is 108 Å². The lowest BCUT2D eigenvalue weighted by Crippen LogP contribution is -2.52. The third kappa shape index (κ3) is 3.89. The second-order valence-electron chi connectivity index (χ2n) is 7.60. The summed E-state index contributed by atoms with van der Waals surface area (Å²) in [6.45, 7) is 1.53. The van der Waals surface area contributed by atoms with Crippen molar-refractivity contribution in [1.29, 1.82) is 0 Å². The van der Waals surface area contributed by atoms with Gasteiger partial charge in [0.2, 0.25) is 0 Å². The van der Waals surface area contributed by atoms with Gasteiger partial charge in [0.25, 0.3) is 0 Å². The quantitative estimate of drug-likeness (QED) is 0.621. The monoisotopic (exact) mass is 391 g/mol. The van der Waals surface area contributed by atoms with E-state index in [9.17, 15) is 8.42 Å². The Bertz CT molecular complexity index is 959. The van der Waals surface area contributed by atoms with Crippen LogP contribution in [0.15, 0.2) is 91.0 Å². The number of nitrogens with zero attached hydrogens (tertiary/aromatic N) is 1. The molecule has 144 valence electrons. The van der Waals surface area contributed by atoms with Crippen LogP contribution in [0.3, 0.4) is 0 Å². The molecule has 0 aromatic heterocycles. The Morgan fingerprint density at radius 1 is 0.714 bits per heavy atom. The van der Waals surface area contributed by atoms with Gasteiger partial charge in [-0.3, -0.25) is 4.90 Å². The molecule has 1 unspecified atom stereocenters. The van der Waals surface area contributed by atoms with Crippen LogP contribution in [0.1, 0.15) is 28.0 Å². The van der Waals surface area contributed by atoms with Crippen molar-refractivity contribution in [2.24, 2.45) is 5.92 Å². The number of rotatable bonds is 6. The number of sulfone groups is 1. The molecule has 0 amide bonds. The molecule has 3 aromatic rings. The van der Waals surface area contributed by atoms with E-state index >= 15 is 0 Å². The topological polar surface area (TPSA) is 37.4 Å². The van der Waals surface area contributed by atoms with E-state index in [0.29, 0.717) is 0 Å². The van der Waals surface area contributed by atoms with Gasteiger partial charge in [-0.25, -0.2) is 8.42 Å². The minimum absolute atomic E-state index is 0.104. The summed E-state index contributed by atoms with van der Waals surface area (Å²) in [5, 5.41) is -0.447. The third-order valence-electron chi connectivity index (χ3n) is 5.55. The summed E-state index contributed by atoms with van der Waals surface area (Å²) in [5.41, 5.74) is 3.37. The highest BCUT2D eigenvalue weighted by molar-refractivity contribution is 7.90. The van der Waals surface area contributed by atoms with Crippen molar-refractivity contribution in [3.8, 4) is 0 Å². The normalized spacial score (nSPS) is 16.6. The fraction of sp³-hybridized carbons (Fsp3) is 0.250. The highest BCUT2D eigenvalue weighted by atomic mass is 32.2. The van der Waals surface area contributed by atoms with E-state index in [1.54, 1.807) is 0 Å². The molecule has 0 radical (unpaired) electrons. The lowest BCUT2D eigenvalue weighted by atomic mass is 9.86. The van der Waals surface area contributed by atoms with E-state index < -0.39 is 15.1 Å². The highest BCUT2D eigenvalue weighted by Gasteiger charge is 2.42. The molecule has 0 spiro atoms. The van der Waals surface area contributed by atoms with Crippen molar-refractivity contribution in [3.63, 3.8) is 0 Å². The molecule has 28 heavy (non-hydrogen) atoms. The maximum Gasteiger partial charge on any atom is 0.154 e. The molecule has 0 saturated carbocycles. The van der Waals surface area contributed by atoms with Gasteiger partial charge in [-0.05, 0) is 16.7 Å². The predicted octanol–water partition coefficient (Wildman–Crippen LogP) is 4.49. The molecule has 3 nitrogen and oxygen atoms in total. The van der Waals surface area contributed by atoms with Gasteiger partial charge < -0.3 is 0 Å². The van der Waals surface area contributed by atoms with Gasteiger partial charge in [0.05, 0.1) is 11.3 Å². The lowest BCUT2D eigenvalue weighted by molar-refractivity contribution is 0.0655. The molecule has 1 atom stereocenters. The van der Waals surface area contributed by atoms with Gasteiger partial charge in [0.15, 0.2) is 9.84 Å². The van der Waals surface area contributed by atoms with Crippen LogP contribution in [0.4, 0.5) is 0 Å². The van der Waals surface area contributed by atoms with E-state index in [4.69, 9.17) is 0 Å². The van der Waals surface area contributed by atoms with Gasteiger partial charge >= 0.3 is 0 Å². The van der Waals surface area contributed by atoms with E-state index in [2.05, 4.69) is 53.4 Å². The van der Waals surface area contributed by atoms with Crippen LogP contribution in [0.5, 0.6) is 0 Å². The molecule has 1 aliphatic rings. The van der Waals surface area contributed by atoms with Crippen LogP contribution in [-0.2, 0) is 9.84 Å². The molecule has 0 N–H and O–H groups in total. The molecule has 1 heterocycles.